The van der Waals surface area contributed by atoms with Gasteiger partial charge in [-0.2, -0.15) is 0 Å². The smallest absolute Gasteiger partial charge is 0.325 e. The Kier molecular flexibility index (Phi) is 6.53. The van der Waals surface area contributed by atoms with Crippen LogP contribution in [0.3, 0.4) is 0 Å². The fourth-order valence-electron chi connectivity index (χ4n) is 3.95. The number of hydrogen-bond acceptors (Lipinski definition) is 4. The molecule has 0 aromatic heterocycles. The molecule has 0 radical (unpaired) electrons. The van der Waals surface area contributed by atoms with E-state index in [1.807, 2.05) is 36.4 Å². The van der Waals surface area contributed by atoms with Gasteiger partial charge in [-0.3, -0.25) is 14.5 Å². The van der Waals surface area contributed by atoms with Crippen molar-refractivity contribution in [2.75, 3.05) is 19.0 Å². The summed E-state index contributed by atoms with van der Waals surface area (Å²) in [5.41, 5.74) is 1.91. The van der Waals surface area contributed by atoms with Gasteiger partial charge in [0.25, 0.3) is 5.91 Å². The summed E-state index contributed by atoms with van der Waals surface area (Å²) in [6.45, 7) is 13.8. The summed E-state index contributed by atoms with van der Waals surface area (Å²) in [4.78, 5) is 39.7. The summed E-state index contributed by atoms with van der Waals surface area (Å²) in [7, 11) is 1.52. The van der Waals surface area contributed by atoms with E-state index >= 15 is 0 Å². The number of hydrogen-bond donors (Lipinski definition) is 2. The maximum Gasteiger partial charge on any atom is 0.325 e. The van der Waals surface area contributed by atoms with E-state index in [2.05, 4.69) is 52.2 Å². The Morgan fingerprint density at radius 3 is 2.06 bits per heavy atom. The van der Waals surface area contributed by atoms with E-state index in [0.29, 0.717) is 17.0 Å². The maximum absolute atomic E-state index is 13.3. The standard InChI is InChI=1S/C27H35N3O4/c1-25(2,3)17-9-11-18(12-10-17)27(7)23(32)30(24(33)29-27)16-22(31)28-20-15-19(26(4,5)6)13-14-21(20)34-8/h9-15H,16H2,1-8H3,(H,28,31)(H,29,33). The van der Waals surface area contributed by atoms with Crippen LogP contribution in [0.1, 0.15) is 65.2 Å². The lowest BCUT2D eigenvalue weighted by atomic mass is 9.84. The summed E-state index contributed by atoms with van der Waals surface area (Å²) in [6.07, 6.45) is 0. The highest BCUT2D eigenvalue weighted by Crippen LogP contribution is 2.33. The minimum absolute atomic E-state index is 0.0299. The number of methoxy groups -OCH3 is 1. The van der Waals surface area contributed by atoms with E-state index in [9.17, 15) is 14.4 Å². The van der Waals surface area contributed by atoms with Crippen LogP contribution in [-0.2, 0) is 26.0 Å². The summed E-state index contributed by atoms with van der Waals surface area (Å²) in [5.74, 6) is -0.450. The highest BCUT2D eigenvalue weighted by atomic mass is 16.5. The third kappa shape index (κ3) is 4.93. The third-order valence-electron chi connectivity index (χ3n) is 6.24. The number of imide groups is 1. The van der Waals surface area contributed by atoms with Crippen molar-refractivity contribution in [2.45, 2.75) is 64.8 Å². The number of urea groups is 1. The molecule has 0 bridgehead atoms. The number of carbonyl (C=O) groups excluding carboxylic acids is 3. The van der Waals surface area contributed by atoms with Gasteiger partial charge in [-0.05, 0) is 46.6 Å². The first-order valence-electron chi connectivity index (χ1n) is 11.4. The van der Waals surface area contributed by atoms with Crippen molar-refractivity contribution in [3.05, 3.63) is 59.2 Å². The van der Waals surface area contributed by atoms with E-state index in [4.69, 9.17) is 4.74 Å². The van der Waals surface area contributed by atoms with E-state index in [1.165, 1.54) is 7.11 Å². The van der Waals surface area contributed by atoms with Crippen LogP contribution in [0.2, 0.25) is 0 Å². The largest absolute Gasteiger partial charge is 0.495 e. The molecule has 182 valence electrons. The van der Waals surface area contributed by atoms with Crippen molar-refractivity contribution in [3.63, 3.8) is 0 Å². The molecule has 0 saturated carbocycles. The van der Waals surface area contributed by atoms with E-state index in [0.717, 1.165) is 16.0 Å². The zero-order valence-corrected chi connectivity index (χ0v) is 21.3. The Hall–Kier alpha value is -3.35. The molecule has 0 spiro atoms. The minimum Gasteiger partial charge on any atom is -0.495 e. The number of amides is 4. The molecule has 2 N–H and O–H groups in total. The highest BCUT2D eigenvalue weighted by molar-refractivity contribution is 6.10. The summed E-state index contributed by atoms with van der Waals surface area (Å²) in [5, 5.41) is 5.55. The fourth-order valence-corrected chi connectivity index (χ4v) is 3.95. The van der Waals surface area contributed by atoms with Gasteiger partial charge in [0.15, 0.2) is 0 Å². The van der Waals surface area contributed by atoms with Gasteiger partial charge < -0.3 is 15.4 Å². The average Bonchev–Trinajstić information content (AvgIpc) is 2.96. The molecule has 1 unspecified atom stereocenters. The number of nitrogens with zero attached hydrogens (tertiary/aromatic N) is 1. The zero-order valence-electron chi connectivity index (χ0n) is 21.3. The van der Waals surface area contributed by atoms with Crippen LogP contribution >= 0.6 is 0 Å². The quantitative estimate of drug-likeness (QED) is 0.627. The number of ether oxygens (including phenoxy) is 1. The molecule has 1 aliphatic rings. The molecule has 1 heterocycles. The van der Waals surface area contributed by atoms with Crippen LogP contribution in [0.5, 0.6) is 5.75 Å². The Bertz CT molecular complexity index is 1110. The van der Waals surface area contributed by atoms with Gasteiger partial charge >= 0.3 is 6.03 Å². The third-order valence-corrected chi connectivity index (χ3v) is 6.24. The molecule has 3 rings (SSSR count). The molecule has 1 saturated heterocycles. The second-order valence-electron chi connectivity index (χ2n) is 11.0. The van der Waals surface area contributed by atoms with Gasteiger partial charge in [0.1, 0.15) is 17.8 Å². The molecule has 1 atom stereocenters. The Morgan fingerprint density at radius 1 is 0.971 bits per heavy atom. The van der Waals surface area contributed by atoms with E-state index in [-0.39, 0.29) is 10.8 Å². The first kappa shape index (κ1) is 25.3. The normalized spacial score (nSPS) is 18.6. The van der Waals surface area contributed by atoms with Crippen molar-refractivity contribution >= 4 is 23.5 Å². The molecule has 7 nitrogen and oxygen atoms in total. The van der Waals surface area contributed by atoms with Crippen LogP contribution in [-0.4, -0.2) is 36.4 Å². The predicted molar refractivity (Wildman–Crippen MR) is 133 cm³/mol. The number of benzene rings is 2. The van der Waals surface area contributed by atoms with Crippen LogP contribution in [0.4, 0.5) is 10.5 Å². The zero-order chi connectivity index (χ0) is 25.5. The van der Waals surface area contributed by atoms with Crippen molar-refractivity contribution in [2.24, 2.45) is 0 Å². The summed E-state index contributed by atoms with van der Waals surface area (Å²) >= 11 is 0. The number of anilines is 1. The highest BCUT2D eigenvalue weighted by Gasteiger charge is 2.49. The molecule has 2 aromatic carbocycles. The Morgan fingerprint density at radius 2 is 1.53 bits per heavy atom. The molecule has 1 fully saturated rings. The van der Waals surface area contributed by atoms with Gasteiger partial charge in [0, 0.05) is 0 Å². The van der Waals surface area contributed by atoms with Gasteiger partial charge in [-0.15, -0.1) is 0 Å². The number of carbonyl (C=O) groups is 3. The Balaban J connectivity index is 1.79. The van der Waals surface area contributed by atoms with E-state index in [1.54, 1.807) is 13.0 Å². The monoisotopic (exact) mass is 465 g/mol. The Labute approximate surface area is 201 Å². The second-order valence-corrected chi connectivity index (χ2v) is 11.0. The van der Waals surface area contributed by atoms with Crippen LogP contribution in [0.25, 0.3) is 0 Å². The average molecular weight is 466 g/mol. The molecule has 1 aliphatic heterocycles. The van der Waals surface area contributed by atoms with Gasteiger partial charge in [0.05, 0.1) is 12.8 Å². The minimum atomic E-state index is -1.24. The molecule has 34 heavy (non-hydrogen) atoms. The van der Waals surface area contributed by atoms with Gasteiger partial charge in [0.2, 0.25) is 5.91 Å². The number of nitrogens with one attached hydrogen (secondary N) is 2. The van der Waals surface area contributed by atoms with Crippen molar-refractivity contribution in [3.8, 4) is 5.75 Å². The van der Waals surface area contributed by atoms with Crippen LogP contribution < -0.4 is 15.4 Å². The molecule has 4 amide bonds. The first-order chi connectivity index (χ1) is 15.7. The van der Waals surface area contributed by atoms with Crippen LogP contribution in [0, 0.1) is 0 Å². The molecule has 0 aliphatic carbocycles. The first-order valence-corrected chi connectivity index (χ1v) is 11.4. The van der Waals surface area contributed by atoms with Gasteiger partial charge in [-0.1, -0.05) is 71.9 Å². The lowest BCUT2D eigenvalue weighted by Gasteiger charge is -2.24. The van der Waals surface area contributed by atoms with Crippen molar-refractivity contribution < 1.29 is 19.1 Å². The van der Waals surface area contributed by atoms with Crippen molar-refractivity contribution in [1.82, 2.24) is 10.2 Å². The van der Waals surface area contributed by atoms with Gasteiger partial charge in [-0.25, -0.2) is 4.79 Å². The lowest BCUT2D eigenvalue weighted by Crippen LogP contribution is -2.42. The maximum atomic E-state index is 13.3. The summed E-state index contributed by atoms with van der Waals surface area (Å²) in [6, 6.07) is 12.6. The van der Waals surface area contributed by atoms with Crippen LogP contribution in [0.15, 0.2) is 42.5 Å². The fraction of sp³-hybridized carbons (Fsp3) is 0.444. The molecular weight excluding hydrogens is 430 g/mol. The summed E-state index contributed by atoms with van der Waals surface area (Å²) < 4.78 is 5.38. The molecule has 2 aromatic rings. The molecular formula is C27H35N3O4. The predicted octanol–water partition coefficient (Wildman–Crippen LogP) is 4.70. The lowest BCUT2D eigenvalue weighted by molar-refractivity contribution is -0.133. The second kappa shape index (κ2) is 8.78. The topological polar surface area (TPSA) is 87.7 Å². The van der Waals surface area contributed by atoms with E-state index < -0.39 is 29.9 Å². The number of rotatable bonds is 5. The SMILES string of the molecule is COc1ccc(C(C)(C)C)cc1NC(=O)CN1C(=O)NC(C)(c2ccc(C(C)(C)C)cc2)C1=O. The van der Waals surface area contributed by atoms with Crippen molar-refractivity contribution in [1.29, 1.82) is 0 Å². The molecule has 7 heteroatoms.